The van der Waals surface area contributed by atoms with Crippen molar-refractivity contribution in [1.29, 1.82) is 0 Å². The number of nitrogens with two attached hydrogens (primary N) is 1. The second-order valence-corrected chi connectivity index (χ2v) is 5.69. The van der Waals surface area contributed by atoms with Gasteiger partial charge in [-0.15, -0.1) is 0 Å². The predicted molar refractivity (Wildman–Crippen MR) is 56.6 cm³/mol. The van der Waals surface area contributed by atoms with E-state index < -0.39 is 10.0 Å². The lowest BCUT2D eigenvalue weighted by Gasteiger charge is -2.30. The van der Waals surface area contributed by atoms with Gasteiger partial charge >= 0.3 is 0 Å². The van der Waals surface area contributed by atoms with Crippen molar-refractivity contribution in [2.24, 2.45) is 5.73 Å². The predicted octanol–water partition coefficient (Wildman–Crippen LogP) is -1.51. The van der Waals surface area contributed by atoms with Crippen LogP contribution < -0.4 is 10.5 Å². The Morgan fingerprint density at radius 3 is 2.40 bits per heavy atom. The Morgan fingerprint density at radius 1 is 1.47 bits per heavy atom. The summed E-state index contributed by atoms with van der Waals surface area (Å²) in [5.74, 6) is -0.343. The summed E-state index contributed by atoms with van der Waals surface area (Å²) < 4.78 is 24.5. The quantitative estimate of drug-likeness (QED) is 0.619. The van der Waals surface area contributed by atoms with Crippen LogP contribution in [0.5, 0.6) is 0 Å². The molecule has 0 radical (unpaired) electrons. The van der Waals surface area contributed by atoms with Gasteiger partial charge in [-0.2, -0.15) is 0 Å². The lowest BCUT2D eigenvalue weighted by Crippen LogP contribution is -2.46. The minimum Gasteiger partial charge on any atom is -0.369 e. The molecule has 88 valence electrons. The van der Waals surface area contributed by atoms with E-state index in [2.05, 4.69) is 4.72 Å². The van der Waals surface area contributed by atoms with Crippen LogP contribution in [0.4, 0.5) is 0 Å². The number of carbonyl (C=O) groups excluding carboxylic acids is 1. The highest BCUT2D eigenvalue weighted by atomic mass is 32.2. The zero-order valence-electron chi connectivity index (χ0n) is 8.77. The number of likely N-dealkylation sites (tertiary alicyclic amines) is 1. The largest absolute Gasteiger partial charge is 0.369 e. The zero-order chi connectivity index (χ0) is 11.5. The molecular weight excluding hydrogens is 218 g/mol. The van der Waals surface area contributed by atoms with Crippen molar-refractivity contribution in [1.82, 2.24) is 9.62 Å². The van der Waals surface area contributed by atoms with E-state index in [-0.39, 0.29) is 18.5 Å². The molecule has 0 bridgehead atoms. The fourth-order valence-corrected chi connectivity index (χ4v) is 2.57. The number of hydrogen-bond acceptors (Lipinski definition) is 4. The van der Waals surface area contributed by atoms with Crippen molar-refractivity contribution in [2.75, 3.05) is 25.9 Å². The molecule has 1 amide bonds. The number of primary amides is 1. The fourth-order valence-electron chi connectivity index (χ4n) is 1.73. The van der Waals surface area contributed by atoms with Crippen molar-refractivity contribution in [3.63, 3.8) is 0 Å². The Hall–Kier alpha value is -0.660. The summed E-state index contributed by atoms with van der Waals surface area (Å²) in [6.45, 7) is 1.66. The van der Waals surface area contributed by atoms with Gasteiger partial charge in [0.2, 0.25) is 15.9 Å². The monoisotopic (exact) mass is 235 g/mol. The van der Waals surface area contributed by atoms with Crippen LogP contribution in [0.3, 0.4) is 0 Å². The molecule has 1 saturated heterocycles. The van der Waals surface area contributed by atoms with Crippen LogP contribution in [0, 0.1) is 0 Å². The van der Waals surface area contributed by atoms with Crippen LogP contribution >= 0.6 is 0 Å². The number of carbonyl (C=O) groups is 1. The molecule has 0 atom stereocenters. The molecule has 1 rings (SSSR count). The third-order valence-corrected chi connectivity index (χ3v) is 3.11. The second kappa shape index (κ2) is 4.91. The van der Waals surface area contributed by atoms with Gasteiger partial charge in [-0.1, -0.05) is 0 Å². The maximum atomic E-state index is 11.0. The van der Waals surface area contributed by atoms with Gasteiger partial charge in [0.1, 0.15) is 0 Å². The molecule has 1 aliphatic rings. The van der Waals surface area contributed by atoms with Crippen LogP contribution in [-0.4, -0.2) is 51.2 Å². The smallest absolute Gasteiger partial charge is 0.231 e. The van der Waals surface area contributed by atoms with Gasteiger partial charge in [0, 0.05) is 19.1 Å². The summed E-state index contributed by atoms with van der Waals surface area (Å²) >= 11 is 0. The van der Waals surface area contributed by atoms with Gasteiger partial charge in [0.05, 0.1) is 12.8 Å². The van der Waals surface area contributed by atoms with E-state index in [9.17, 15) is 13.2 Å². The van der Waals surface area contributed by atoms with E-state index in [0.29, 0.717) is 13.1 Å². The number of hydrogen-bond donors (Lipinski definition) is 2. The van der Waals surface area contributed by atoms with Gasteiger partial charge in [-0.05, 0) is 12.8 Å². The van der Waals surface area contributed by atoms with Gasteiger partial charge in [-0.25, -0.2) is 13.1 Å². The molecule has 15 heavy (non-hydrogen) atoms. The average Bonchev–Trinajstić information content (AvgIpc) is 2.05. The van der Waals surface area contributed by atoms with Crippen molar-refractivity contribution < 1.29 is 13.2 Å². The topological polar surface area (TPSA) is 92.5 Å². The summed E-state index contributed by atoms with van der Waals surface area (Å²) in [4.78, 5) is 12.6. The third kappa shape index (κ3) is 5.10. The first kappa shape index (κ1) is 12.4. The first-order chi connectivity index (χ1) is 6.87. The van der Waals surface area contributed by atoms with E-state index in [4.69, 9.17) is 5.73 Å². The molecule has 7 heteroatoms. The van der Waals surface area contributed by atoms with Gasteiger partial charge in [0.15, 0.2) is 0 Å². The Bertz CT molecular complexity index is 320. The van der Waals surface area contributed by atoms with Crippen molar-refractivity contribution >= 4 is 15.9 Å². The summed E-state index contributed by atoms with van der Waals surface area (Å²) in [7, 11) is -3.12. The second-order valence-electron chi connectivity index (χ2n) is 3.91. The van der Waals surface area contributed by atoms with Crippen LogP contribution in [0.25, 0.3) is 0 Å². The third-order valence-electron chi connectivity index (χ3n) is 2.35. The molecule has 0 aromatic rings. The molecule has 1 heterocycles. The molecular formula is C8H17N3O3S. The van der Waals surface area contributed by atoms with E-state index in [1.54, 1.807) is 0 Å². The van der Waals surface area contributed by atoms with Crippen LogP contribution in [-0.2, 0) is 14.8 Å². The molecule has 0 unspecified atom stereocenters. The van der Waals surface area contributed by atoms with Gasteiger partial charge in [-0.3, -0.25) is 9.69 Å². The Morgan fingerprint density at radius 2 is 2.00 bits per heavy atom. The highest BCUT2D eigenvalue weighted by molar-refractivity contribution is 7.88. The number of sulfonamides is 1. The molecule has 0 spiro atoms. The number of piperidine rings is 1. The lowest BCUT2D eigenvalue weighted by atomic mass is 10.1. The van der Waals surface area contributed by atoms with Crippen LogP contribution in [0.1, 0.15) is 12.8 Å². The van der Waals surface area contributed by atoms with Crippen molar-refractivity contribution in [3.05, 3.63) is 0 Å². The zero-order valence-corrected chi connectivity index (χ0v) is 9.59. The Kier molecular flexibility index (Phi) is 4.06. The highest BCUT2D eigenvalue weighted by Gasteiger charge is 2.21. The molecule has 0 aliphatic carbocycles. The molecule has 1 fully saturated rings. The molecule has 1 aliphatic heterocycles. The fraction of sp³-hybridized carbons (Fsp3) is 0.875. The Labute approximate surface area is 89.9 Å². The van der Waals surface area contributed by atoms with Gasteiger partial charge < -0.3 is 5.73 Å². The van der Waals surface area contributed by atoms with E-state index in [1.807, 2.05) is 4.90 Å². The first-order valence-electron chi connectivity index (χ1n) is 4.85. The molecule has 0 saturated carbocycles. The first-order valence-corrected chi connectivity index (χ1v) is 6.74. The standard InChI is InChI=1S/C8H17N3O3S/c1-15(13,14)10-7-2-4-11(5-3-7)6-8(9)12/h7,10H,2-6H2,1H3,(H2,9,12). The number of rotatable bonds is 4. The summed E-state index contributed by atoms with van der Waals surface area (Å²) in [6.07, 6.45) is 2.60. The molecule has 3 N–H and O–H groups in total. The minimum absolute atomic E-state index is 0.0101. The lowest BCUT2D eigenvalue weighted by molar-refractivity contribution is -0.119. The number of nitrogens with zero attached hydrogens (tertiary/aromatic N) is 1. The Balaban J connectivity index is 2.33. The molecule has 0 aromatic carbocycles. The number of amides is 1. The summed E-state index contributed by atoms with van der Waals surface area (Å²) in [6, 6.07) is -0.0101. The number of nitrogens with one attached hydrogen (secondary N) is 1. The molecule has 0 aromatic heterocycles. The summed E-state index contributed by atoms with van der Waals surface area (Å²) in [5.41, 5.74) is 5.07. The van der Waals surface area contributed by atoms with E-state index in [1.165, 1.54) is 0 Å². The normalized spacial score (nSPS) is 20.3. The highest BCUT2D eigenvalue weighted by Crippen LogP contribution is 2.10. The SMILES string of the molecule is CS(=O)(=O)NC1CCN(CC(N)=O)CC1. The van der Waals surface area contributed by atoms with Gasteiger partial charge in [0.25, 0.3) is 0 Å². The van der Waals surface area contributed by atoms with E-state index in [0.717, 1.165) is 19.1 Å². The summed E-state index contributed by atoms with van der Waals surface area (Å²) in [5, 5.41) is 0. The van der Waals surface area contributed by atoms with Crippen molar-refractivity contribution in [2.45, 2.75) is 18.9 Å². The van der Waals surface area contributed by atoms with Crippen LogP contribution in [0.15, 0.2) is 0 Å². The average molecular weight is 235 g/mol. The van der Waals surface area contributed by atoms with Crippen molar-refractivity contribution in [3.8, 4) is 0 Å². The maximum Gasteiger partial charge on any atom is 0.231 e. The van der Waals surface area contributed by atoms with Crippen LogP contribution in [0.2, 0.25) is 0 Å². The maximum absolute atomic E-state index is 11.0. The molecule has 6 nitrogen and oxygen atoms in total. The van der Waals surface area contributed by atoms with E-state index >= 15 is 0 Å². The minimum atomic E-state index is -3.12.